The maximum absolute atomic E-state index is 13.0. The van der Waals surface area contributed by atoms with Gasteiger partial charge in [-0.3, -0.25) is 0 Å². The van der Waals surface area contributed by atoms with Crippen molar-refractivity contribution in [2.75, 3.05) is 18.4 Å². The average Bonchev–Trinajstić information content (AvgIpc) is 2.67. The van der Waals surface area contributed by atoms with E-state index in [9.17, 15) is 13.6 Å². The van der Waals surface area contributed by atoms with E-state index in [0.717, 1.165) is 32.2 Å². The van der Waals surface area contributed by atoms with Crippen LogP contribution in [-0.4, -0.2) is 25.2 Å². The fourth-order valence-electron chi connectivity index (χ4n) is 3.42. The number of carbonyl (C=O) groups is 1. The van der Waals surface area contributed by atoms with Gasteiger partial charge in [0.25, 0.3) is 0 Å². The lowest BCUT2D eigenvalue weighted by molar-refractivity contribution is 0.249. The molecule has 0 aliphatic carbocycles. The Balaban J connectivity index is 1.31. The van der Waals surface area contributed by atoms with E-state index >= 15 is 0 Å². The van der Waals surface area contributed by atoms with Gasteiger partial charge in [0, 0.05) is 18.3 Å². The zero-order chi connectivity index (χ0) is 19.1. The maximum atomic E-state index is 13.0. The molecule has 144 valence electrons. The van der Waals surface area contributed by atoms with Crippen molar-refractivity contribution in [3.05, 3.63) is 65.7 Å². The Morgan fingerprint density at radius 2 is 1.67 bits per heavy atom. The molecule has 6 heteroatoms. The highest BCUT2D eigenvalue weighted by Crippen LogP contribution is 2.20. The van der Waals surface area contributed by atoms with E-state index in [2.05, 4.69) is 16.0 Å². The van der Waals surface area contributed by atoms with E-state index in [1.165, 1.54) is 42.0 Å². The smallest absolute Gasteiger partial charge is 0.319 e. The molecule has 1 aliphatic rings. The molecule has 1 fully saturated rings. The molecule has 1 aliphatic heterocycles. The molecule has 0 radical (unpaired) electrons. The Labute approximate surface area is 158 Å². The number of rotatable bonds is 6. The molecule has 4 nitrogen and oxygen atoms in total. The van der Waals surface area contributed by atoms with E-state index in [1.807, 2.05) is 12.1 Å². The molecule has 0 spiro atoms. The monoisotopic (exact) mass is 373 g/mol. The number of hydrogen-bond acceptors (Lipinski definition) is 2. The van der Waals surface area contributed by atoms with Crippen molar-refractivity contribution in [2.45, 2.75) is 31.7 Å². The average molecular weight is 373 g/mol. The van der Waals surface area contributed by atoms with Crippen molar-refractivity contribution in [3.63, 3.8) is 0 Å². The number of hydrogen-bond donors (Lipinski definition) is 3. The fourth-order valence-corrected chi connectivity index (χ4v) is 3.42. The van der Waals surface area contributed by atoms with Crippen LogP contribution in [0.5, 0.6) is 0 Å². The van der Waals surface area contributed by atoms with E-state index in [1.54, 1.807) is 0 Å². The minimum Gasteiger partial charge on any atom is -0.338 e. The van der Waals surface area contributed by atoms with Crippen molar-refractivity contribution in [3.8, 4) is 0 Å². The number of amides is 2. The highest BCUT2D eigenvalue weighted by atomic mass is 19.1. The highest BCUT2D eigenvalue weighted by molar-refractivity contribution is 5.89. The van der Waals surface area contributed by atoms with Gasteiger partial charge in [-0.15, -0.1) is 0 Å². The molecule has 0 saturated carbocycles. The van der Waals surface area contributed by atoms with Crippen LogP contribution >= 0.6 is 0 Å². The minimum absolute atomic E-state index is 0.198. The van der Waals surface area contributed by atoms with Gasteiger partial charge in [-0.1, -0.05) is 12.1 Å². The molecule has 2 amide bonds. The Kier molecular flexibility index (Phi) is 6.76. The molecular formula is C21H25F2N3O. The summed E-state index contributed by atoms with van der Waals surface area (Å²) in [5, 5.41) is 9.05. The lowest BCUT2D eigenvalue weighted by Crippen LogP contribution is -2.42. The number of piperidine rings is 1. The molecule has 0 unspecified atom stereocenters. The second-order valence-corrected chi connectivity index (χ2v) is 7.06. The first-order valence-electron chi connectivity index (χ1n) is 9.37. The fraction of sp³-hybridized carbons (Fsp3) is 0.381. The molecule has 27 heavy (non-hydrogen) atoms. The van der Waals surface area contributed by atoms with Crippen molar-refractivity contribution < 1.29 is 13.6 Å². The third-order valence-corrected chi connectivity index (χ3v) is 4.94. The summed E-state index contributed by atoms with van der Waals surface area (Å²) in [5.41, 5.74) is 1.73. The minimum atomic E-state index is -0.331. The van der Waals surface area contributed by atoms with E-state index in [0.29, 0.717) is 24.2 Å². The molecule has 3 rings (SSSR count). The van der Waals surface area contributed by atoms with Crippen LogP contribution in [0.25, 0.3) is 0 Å². The van der Waals surface area contributed by atoms with Crippen LogP contribution in [0.2, 0.25) is 0 Å². The Morgan fingerprint density at radius 3 is 2.30 bits per heavy atom. The molecule has 3 N–H and O–H groups in total. The van der Waals surface area contributed by atoms with Gasteiger partial charge >= 0.3 is 6.03 Å². The van der Waals surface area contributed by atoms with Crippen LogP contribution in [0.4, 0.5) is 19.3 Å². The summed E-state index contributed by atoms with van der Waals surface area (Å²) in [6, 6.07) is 12.5. The van der Waals surface area contributed by atoms with Crippen LogP contribution in [-0.2, 0) is 6.42 Å². The van der Waals surface area contributed by atoms with E-state index in [4.69, 9.17) is 0 Å². The molecule has 0 aromatic heterocycles. The Morgan fingerprint density at radius 1 is 1.00 bits per heavy atom. The second kappa shape index (κ2) is 9.46. The largest absolute Gasteiger partial charge is 0.338 e. The molecule has 1 heterocycles. The topological polar surface area (TPSA) is 53.2 Å². The van der Waals surface area contributed by atoms with Crippen LogP contribution in [0.1, 0.15) is 24.8 Å². The van der Waals surface area contributed by atoms with E-state index < -0.39 is 0 Å². The van der Waals surface area contributed by atoms with Gasteiger partial charge in [0.05, 0.1) is 0 Å². The number of urea groups is 1. The van der Waals surface area contributed by atoms with Crippen LogP contribution < -0.4 is 16.0 Å². The van der Waals surface area contributed by atoms with Gasteiger partial charge < -0.3 is 16.0 Å². The standard InChI is InChI=1S/C21H25F2N3O/c22-17-4-1-15(2-5-17)13-16-3-8-19(25-14-16)11-12-24-21(27)26-20-9-6-18(23)7-10-20/h1-2,4-7,9-10,16,19,25H,3,8,11-14H2,(H2,24,26,27)/t16-,19-/m0/s1. The third kappa shape index (κ3) is 6.32. The summed E-state index contributed by atoms with van der Waals surface area (Å²) in [7, 11) is 0. The third-order valence-electron chi connectivity index (χ3n) is 4.94. The summed E-state index contributed by atoms with van der Waals surface area (Å²) in [6.45, 7) is 1.51. The summed E-state index contributed by atoms with van der Waals surface area (Å²) < 4.78 is 25.8. The van der Waals surface area contributed by atoms with Gasteiger partial charge in [-0.05, 0) is 80.1 Å². The van der Waals surface area contributed by atoms with Crippen molar-refractivity contribution in [2.24, 2.45) is 5.92 Å². The predicted octanol–water partition coefficient (Wildman–Crippen LogP) is 4.09. The number of carbonyl (C=O) groups excluding carboxylic acids is 1. The maximum Gasteiger partial charge on any atom is 0.319 e. The first-order chi connectivity index (χ1) is 13.1. The zero-order valence-electron chi connectivity index (χ0n) is 15.2. The SMILES string of the molecule is O=C(NCC[C@@H]1CC[C@@H](Cc2ccc(F)cc2)CN1)Nc1ccc(F)cc1. The molecule has 2 atom stereocenters. The molecular weight excluding hydrogens is 348 g/mol. The summed E-state index contributed by atoms with van der Waals surface area (Å²) in [4.78, 5) is 11.9. The first kappa shape index (κ1) is 19.3. The Bertz CT molecular complexity index is 726. The van der Waals surface area contributed by atoms with Gasteiger partial charge in [-0.2, -0.15) is 0 Å². The van der Waals surface area contributed by atoms with Gasteiger partial charge in [0.2, 0.25) is 0 Å². The normalized spacial score (nSPS) is 19.5. The quantitative estimate of drug-likeness (QED) is 0.714. The molecule has 2 aromatic rings. The van der Waals surface area contributed by atoms with Crippen molar-refractivity contribution in [1.29, 1.82) is 0 Å². The number of nitrogens with one attached hydrogen (secondary N) is 3. The predicted molar refractivity (Wildman–Crippen MR) is 103 cm³/mol. The van der Waals surface area contributed by atoms with Crippen LogP contribution in [0.3, 0.4) is 0 Å². The van der Waals surface area contributed by atoms with Gasteiger partial charge in [0.15, 0.2) is 0 Å². The summed E-state index contributed by atoms with van der Waals surface area (Å²) in [5.74, 6) is 0.0278. The van der Waals surface area contributed by atoms with E-state index in [-0.39, 0.29) is 17.7 Å². The van der Waals surface area contributed by atoms with Crippen LogP contribution in [0.15, 0.2) is 48.5 Å². The summed E-state index contributed by atoms with van der Waals surface area (Å²) >= 11 is 0. The van der Waals surface area contributed by atoms with Gasteiger partial charge in [0.1, 0.15) is 11.6 Å². The van der Waals surface area contributed by atoms with Crippen molar-refractivity contribution >= 4 is 11.7 Å². The number of anilines is 1. The summed E-state index contributed by atoms with van der Waals surface area (Å²) in [6.07, 6.45) is 4.00. The lowest BCUT2D eigenvalue weighted by Gasteiger charge is -2.30. The molecule has 1 saturated heterocycles. The number of halogens is 2. The molecule has 0 bridgehead atoms. The highest BCUT2D eigenvalue weighted by Gasteiger charge is 2.20. The van der Waals surface area contributed by atoms with Crippen LogP contribution in [0, 0.1) is 17.6 Å². The lowest BCUT2D eigenvalue weighted by atomic mass is 9.88. The van der Waals surface area contributed by atoms with Crippen molar-refractivity contribution in [1.82, 2.24) is 10.6 Å². The van der Waals surface area contributed by atoms with Gasteiger partial charge in [-0.25, -0.2) is 13.6 Å². The second-order valence-electron chi connectivity index (χ2n) is 7.06. The zero-order valence-corrected chi connectivity index (χ0v) is 15.2. The Hall–Kier alpha value is -2.47. The number of benzene rings is 2. The molecule has 2 aromatic carbocycles. The first-order valence-corrected chi connectivity index (χ1v) is 9.37.